The van der Waals surface area contributed by atoms with Gasteiger partial charge in [-0.1, -0.05) is 54.6 Å². The van der Waals surface area contributed by atoms with Crippen molar-refractivity contribution >= 4 is 34.1 Å². The maximum absolute atomic E-state index is 14.9. The van der Waals surface area contributed by atoms with Gasteiger partial charge in [0.05, 0.1) is 16.8 Å². The molecule has 0 fully saturated rings. The van der Waals surface area contributed by atoms with E-state index in [1.54, 1.807) is 18.3 Å². The Morgan fingerprint density at radius 2 is 1.76 bits per heavy atom. The van der Waals surface area contributed by atoms with Gasteiger partial charge in [0.15, 0.2) is 17.8 Å². The largest absolute Gasteiger partial charge is 0.462 e. The number of fused-ring (bicyclic) bond motifs is 5. The Hall–Kier alpha value is -4.12. The van der Waals surface area contributed by atoms with Gasteiger partial charge in [-0.25, -0.2) is 4.39 Å². The summed E-state index contributed by atoms with van der Waals surface area (Å²) in [5.41, 5.74) is 6.46. The second-order valence-corrected chi connectivity index (χ2v) is 8.37. The first-order chi connectivity index (χ1) is 16.1. The highest BCUT2D eigenvalue weighted by molar-refractivity contribution is 5.99. The molecule has 0 saturated heterocycles. The molecule has 3 heterocycles. The number of nitrogens with zero attached hydrogens (tertiary/aromatic N) is 2. The molecule has 0 radical (unpaired) electrons. The average Bonchev–Trinajstić information content (AvgIpc) is 3.19. The van der Waals surface area contributed by atoms with E-state index in [2.05, 4.69) is 48.3 Å². The lowest BCUT2D eigenvalue weighted by atomic mass is 10.0. The van der Waals surface area contributed by atoms with Gasteiger partial charge in [0.25, 0.3) is 0 Å². The molecule has 2 aliphatic rings. The van der Waals surface area contributed by atoms with E-state index in [9.17, 15) is 4.39 Å². The van der Waals surface area contributed by atoms with Gasteiger partial charge in [0.2, 0.25) is 0 Å². The van der Waals surface area contributed by atoms with Crippen LogP contribution in [0, 0.1) is 19.7 Å². The van der Waals surface area contributed by atoms with E-state index in [0.717, 1.165) is 39.0 Å². The summed E-state index contributed by atoms with van der Waals surface area (Å²) in [7, 11) is 0. The number of rotatable bonds is 3. The van der Waals surface area contributed by atoms with E-state index in [0.29, 0.717) is 17.1 Å². The summed E-state index contributed by atoms with van der Waals surface area (Å²) in [6, 6.07) is 21.0. The maximum Gasteiger partial charge on any atom is 0.197 e. The fourth-order valence-corrected chi connectivity index (χ4v) is 4.63. The normalized spacial score (nSPS) is 16.6. The van der Waals surface area contributed by atoms with Crippen LogP contribution in [0.3, 0.4) is 0 Å². The molecule has 5 heteroatoms. The first kappa shape index (κ1) is 19.6. The molecule has 1 aromatic heterocycles. The average molecular weight is 436 g/mol. The Labute approximate surface area is 191 Å². The highest BCUT2D eigenvalue weighted by Crippen LogP contribution is 2.45. The van der Waals surface area contributed by atoms with Gasteiger partial charge in [0.1, 0.15) is 5.82 Å². The summed E-state index contributed by atoms with van der Waals surface area (Å²) in [5.74, 6) is 0.853. The molecule has 1 unspecified atom stereocenters. The number of para-hydroxylation sites is 1. The lowest BCUT2D eigenvalue weighted by molar-refractivity contribution is 0.237. The van der Waals surface area contributed by atoms with Crippen molar-refractivity contribution in [3.63, 3.8) is 0 Å². The third kappa shape index (κ3) is 3.08. The molecule has 0 saturated carbocycles. The Morgan fingerprint density at radius 3 is 2.58 bits per heavy atom. The topological polar surface area (TPSA) is 37.4 Å². The van der Waals surface area contributed by atoms with Crippen molar-refractivity contribution in [1.82, 2.24) is 4.98 Å². The van der Waals surface area contributed by atoms with Crippen molar-refractivity contribution in [2.24, 2.45) is 0 Å². The van der Waals surface area contributed by atoms with Gasteiger partial charge < -0.3 is 10.1 Å². The molecule has 1 atom stereocenters. The molecule has 0 spiro atoms. The van der Waals surface area contributed by atoms with Crippen LogP contribution in [0.2, 0.25) is 0 Å². The van der Waals surface area contributed by atoms with Gasteiger partial charge in [0, 0.05) is 22.8 Å². The summed E-state index contributed by atoms with van der Waals surface area (Å²) >= 11 is 0. The first-order valence-electron chi connectivity index (χ1n) is 11.0. The summed E-state index contributed by atoms with van der Waals surface area (Å²) in [5, 5.41) is 4.65. The fraction of sp³-hybridized carbons (Fsp3) is 0.107. The molecule has 33 heavy (non-hydrogen) atoms. The minimum Gasteiger partial charge on any atom is -0.462 e. The Bertz CT molecular complexity index is 1450. The van der Waals surface area contributed by atoms with E-state index in [1.165, 1.54) is 6.07 Å². The molecule has 4 nitrogen and oxygen atoms in total. The number of halogens is 1. The summed E-state index contributed by atoms with van der Waals surface area (Å²) < 4.78 is 21.3. The van der Waals surface area contributed by atoms with Crippen LogP contribution in [0.1, 0.15) is 22.3 Å². The van der Waals surface area contributed by atoms with Crippen molar-refractivity contribution in [2.45, 2.75) is 20.1 Å². The Balaban J connectivity index is 1.62. The number of nitrogens with one attached hydrogen (secondary N) is 1. The number of pyridine rings is 1. The van der Waals surface area contributed by atoms with Crippen molar-refractivity contribution in [3.8, 4) is 0 Å². The molecule has 3 aromatic carbocycles. The number of ether oxygens (including phenoxy) is 1. The third-order valence-corrected chi connectivity index (χ3v) is 6.25. The standard InChI is InChI=1S/C28H22FN3O/c1-17-7-5-8-18(2)24(17)31-28-27(21-10-3-4-11-22(21)29)33-23-15-14-20-13-12-19-9-6-16-30-25(19)26(20)32(23)28/h3-16,23,31H,1-2H3. The monoisotopic (exact) mass is 435 g/mol. The fourth-order valence-electron chi connectivity index (χ4n) is 4.63. The van der Waals surface area contributed by atoms with E-state index < -0.39 is 6.23 Å². The van der Waals surface area contributed by atoms with Crippen LogP contribution in [-0.4, -0.2) is 11.2 Å². The van der Waals surface area contributed by atoms with Crippen molar-refractivity contribution in [3.05, 3.63) is 113 Å². The maximum atomic E-state index is 14.9. The molecule has 2 aliphatic heterocycles. The van der Waals surface area contributed by atoms with E-state index in [1.807, 2.05) is 36.4 Å². The zero-order valence-electron chi connectivity index (χ0n) is 18.3. The van der Waals surface area contributed by atoms with Crippen molar-refractivity contribution < 1.29 is 9.13 Å². The lowest BCUT2D eigenvalue weighted by Gasteiger charge is -2.31. The zero-order valence-corrected chi connectivity index (χ0v) is 18.3. The van der Waals surface area contributed by atoms with Gasteiger partial charge in [-0.2, -0.15) is 0 Å². The number of benzene rings is 3. The van der Waals surface area contributed by atoms with E-state index in [-0.39, 0.29) is 5.82 Å². The molecule has 162 valence electrons. The second kappa shape index (κ2) is 7.48. The van der Waals surface area contributed by atoms with Gasteiger partial charge in [-0.15, -0.1) is 0 Å². The predicted molar refractivity (Wildman–Crippen MR) is 131 cm³/mol. The van der Waals surface area contributed by atoms with Crippen LogP contribution >= 0.6 is 0 Å². The molecular formula is C28H22FN3O. The van der Waals surface area contributed by atoms with Crippen LogP contribution in [0.5, 0.6) is 0 Å². The zero-order chi connectivity index (χ0) is 22.5. The first-order valence-corrected chi connectivity index (χ1v) is 11.0. The molecule has 4 aromatic rings. The summed E-state index contributed by atoms with van der Waals surface area (Å²) in [6.07, 6.45) is 5.43. The molecule has 6 rings (SSSR count). The van der Waals surface area contributed by atoms with Gasteiger partial charge in [-0.05, 0) is 49.2 Å². The van der Waals surface area contributed by atoms with Crippen LogP contribution < -0.4 is 10.2 Å². The van der Waals surface area contributed by atoms with Crippen LogP contribution in [0.25, 0.3) is 22.7 Å². The van der Waals surface area contributed by atoms with Gasteiger partial charge in [-0.3, -0.25) is 9.88 Å². The van der Waals surface area contributed by atoms with Crippen molar-refractivity contribution in [2.75, 3.05) is 10.2 Å². The molecule has 0 amide bonds. The van der Waals surface area contributed by atoms with Crippen LogP contribution in [0.15, 0.2) is 84.8 Å². The number of anilines is 2. The highest BCUT2D eigenvalue weighted by atomic mass is 19.1. The number of aromatic nitrogens is 1. The Morgan fingerprint density at radius 1 is 0.939 bits per heavy atom. The molecule has 0 bridgehead atoms. The smallest absolute Gasteiger partial charge is 0.197 e. The highest BCUT2D eigenvalue weighted by Gasteiger charge is 2.39. The van der Waals surface area contributed by atoms with Gasteiger partial charge >= 0.3 is 0 Å². The van der Waals surface area contributed by atoms with Crippen molar-refractivity contribution in [1.29, 1.82) is 0 Å². The second-order valence-electron chi connectivity index (χ2n) is 8.37. The predicted octanol–water partition coefficient (Wildman–Crippen LogP) is 6.62. The summed E-state index contributed by atoms with van der Waals surface area (Å²) in [4.78, 5) is 6.79. The Kier molecular flexibility index (Phi) is 4.44. The minimum atomic E-state index is -0.411. The third-order valence-electron chi connectivity index (χ3n) is 6.25. The van der Waals surface area contributed by atoms with Crippen LogP contribution in [-0.2, 0) is 4.74 Å². The number of hydrogen-bond acceptors (Lipinski definition) is 4. The van der Waals surface area contributed by atoms with Crippen LogP contribution in [0.4, 0.5) is 15.8 Å². The van der Waals surface area contributed by atoms with E-state index in [4.69, 9.17) is 9.72 Å². The summed E-state index contributed by atoms with van der Waals surface area (Å²) in [6.45, 7) is 4.12. The number of hydrogen-bond donors (Lipinski definition) is 1. The molecule has 1 N–H and O–H groups in total. The quantitative estimate of drug-likeness (QED) is 0.392. The number of aryl methyl sites for hydroxylation is 2. The lowest BCUT2D eigenvalue weighted by Crippen LogP contribution is -2.34. The molecule has 0 aliphatic carbocycles. The molecular weight excluding hydrogens is 413 g/mol. The minimum absolute atomic E-state index is 0.326. The van der Waals surface area contributed by atoms with E-state index >= 15 is 0 Å². The SMILES string of the molecule is Cc1cccc(C)c1NC1=C(c2ccccc2F)OC2C=Cc3ccc4cccnc4c3N12.